The lowest BCUT2D eigenvalue weighted by Crippen LogP contribution is -2.54. The first-order valence-electron chi connectivity index (χ1n) is 4.98. The number of hydrogen-bond donors (Lipinski definition) is 1. The lowest BCUT2D eigenvalue weighted by molar-refractivity contribution is -0.148. The van der Waals surface area contributed by atoms with Crippen LogP contribution in [0.1, 0.15) is 33.1 Å². The molecular formula is C9H15F3N2O. The summed E-state index contributed by atoms with van der Waals surface area (Å²) in [6.45, 7) is 3.54. The van der Waals surface area contributed by atoms with Crippen molar-refractivity contribution in [2.24, 2.45) is 0 Å². The Morgan fingerprint density at radius 1 is 1.27 bits per heavy atom. The number of rotatable bonds is 0. The molecule has 0 radical (unpaired) electrons. The van der Waals surface area contributed by atoms with E-state index < -0.39 is 12.3 Å². The molecule has 0 bridgehead atoms. The van der Waals surface area contributed by atoms with Gasteiger partial charge in [0.2, 0.25) is 0 Å². The number of alkyl halides is 3. The minimum atomic E-state index is -4.64. The van der Waals surface area contributed by atoms with Crippen molar-refractivity contribution in [3.8, 4) is 0 Å². The second-order valence-electron chi connectivity index (χ2n) is 3.96. The first kappa shape index (κ1) is 12.1. The molecule has 6 heteroatoms. The van der Waals surface area contributed by atoms with Gasteiger partial charge in [0.15, 0.2) is 0 Å². The van der Waals surface area contributed by atoms with Crippen molar-refractivity contribution >= 4 is 6.03 Å². The molecule has 0 aromatic carbocycles. The summed E-state index contributed by atoms with van der Waals surface area (Å²) in [5, 5.41) is 1.04. The van der Waals surface area contributed by atoms with Crippen LogP contribution < -0.4 is 5.32 Å². The van der Waals surface area contributed by atoms with Gasteiger partial charge >= 0.3 is 12.3 Å². The van der Waals surface area contributed by atoms with Crippen LogP contribution in [0.4, 0.5) is 18.0 Å². The molecular weight excluding hydrogens is 209 g/mol. The second-order valence-corrected chi connectivity index (χ2v) is 3.96. The van der Waals surface area contributed by atoms with E-state index in [2.05, 4.69) is 0 Å². The van der Waals surface area contributed by atoms with Gasteiger partial charge in [-0.15, -0.1) is 0 Å². The fourth-order valence-electron chi connectivity index (χ4n) is 2.01. The van der Waals surface area contributed by atoms with Gasteiger partial charge in [-0.1, -0.05) is 0 Å². The van der Waals surface area contributed by atoms with E-state index in [9.17, 15) is 18.0 Å². The van der Waals surface area contributed by atoms with E-state index in [0.717, 1.165) is 24.6 Å². The van der Waals surface area contributed by atoms with Crippen LogP contribution in [0.5, 0.6) is 0 Å². The largest absolute Gasteiger partial charge is 0.485 e. The van der Waals surface area contributed by atoms with Crippen LogP contribution in [0, 0.1) is 0 Å². The molecule has 2 atom stereocenters. The van der Waals surface area contributed by atoms with Crippen LogP contribution in [0.3, 0.4) is 0 Å². The van der Waals surface area contributed by atoms with E-state index in [4.69, 9.17) is 0 Å². The Labute approximate surface area is 86.6 Å². The predicted molar refractivity (Wildman–Crippen MR) is 49.2 cm³/mol. The topological polar surface area (TPSA) is 32.3 Å². The van der Waals surface area contributed by atoms with Gasteiger partial charge in [0, 0.05) is 12.1 Å². The Bertz CT molecular complexity index is 232. The van der Waals surface area contributed by atoms with Gasteiger partial charge in [-0.2, -0.15) is 13.2 Å². The number of likely N-dealkylation sites (tertiary alicyclic amines) is 1. The molecule has 1 aliphatic rings. The zero-order chi connectivity index (χ0) is 11.6. The molecule has 3 nitrogen and oxygen atoms in total. The summed E-state index contributed by atoms with van der Waals surface area (Å²) in [5.41, 5.74) is 0. The fourth-order valence-corrected chi connectivity index (χ4v) is 2.01. The summed E-state index contributed by atoms with van der Waals surface area (Å²) in [6.07, 6.45) is -2.17. The Hall–Kier alpha value is -0.940. The Morgan fingerprint density at radius 3 is 2.13 bits per heavy atom. The number of nitrogens with zero attached hydrogens (tertiary/aromatic N) is 1. The smallest absolute Gasteiger partial charge is 0.319 e. The molecule has 1 aliphatic heterocycles. The van der Waals surface area contributed by atoms with Crippen molar-refractivity contribution in [2.45, 2.75) is 51.5 Å². The Kier molecular flexibility index (Phi) is 3.46. The molecule has 1 fully saturated rings. The number of halogens is 3. The molecule has 1 saturated heterocycles. The average molecular weight is 224 g/mol. The summed E-state index contributed by atoms with van der Waals surface area (Å²) >= 11 is 0. The highest BCUT2D eigenvalue weighted by atomic mass is 19.4. The lowest BCUT2D eigenvalue weighted by Gasteiger charge is -2.38. The zero-order valence-corrected chi connectivity index (χ0v) is 8.77. The highest BCUT2D eigenvalue weighted by molar-refractivity contribution is 5.75. The highest BCUT2D eigenvalue weighted by Crippen LogP contribution is 2.23. The first-order valence-corrected chi connectivity index (χ1v) is 4.98. The minimum Gasteiger partial charge on any atom is -0.319 e. The third-order valence-corrected chi connectivity index (χ3v) is 2.68. The normalized spacial score (nSPS) is 27.7. The van der Waals surface area contributed by atoms with Crippen LogP contribution in [0.15, 0.2) is 0 Å². The lowest BCUT2D eigenvalue weighted by atomic mass is 9.98. The standard InChI is InChI=1S/C9H15F3N2O/c1-6-4-3-5-7(2)14(6)8(15)13-9(10,11)12/h6-7H,3-5H2,1-2H3,(H,13,15). The van der Waals surface area contributed by atoms with Crippen LogP contribution in [-0.4, -0.2) is 29.3 Å². The number of amides is 2. The van der Waals surface area contributed by atoms with E-state index in [-0.39, 0.29) is 12.1 Å². The number of hydrogen-bond acceptors (Lipinski definition) is 1. The van der Waals surface area contributed by atoms with E-state index in [1.54, 1.807) is 13.8 Å². The summed E-state index contributed by atoms with van der Waals surface area (Å²) in [6, 6.07) is -1.30. The molecule has 0 aliphatic carbocycles. The van der Waals surface area contributed by atoms with Gasteiger partial charge in [-0.05, 0) is 33.1 Å². The summed E-state index contributed by atoms with van der Waals surface area (Å²) < 4.78 is 35.9. The van der Waals surface area contributed by atoms with Crippen molar-refractivity contribution in [3.05, 3.63) is 0 Å². The molecule has 0 spiro atoms. The number of piperidine rings is 1. The highest BCUT2D eigenvalue weighted by Gasteiger charge is 2.36. The van der Waals surface area contributed by atoms with Crippen molar-refractivity contribution < 1.29 is 18.0 Å². The molecule has 88 valence electrons. The van der Waals surface area contributed by atoms with Crippen LogP contribution >= 0.6 is 0 Å². The Balaban J connectivity index is 2.64. The molecule has 0 aromatic heterocycles. The van der Waals surface area contributed by atoms with Crippen molar-refractivity contribution in [3.63, 3.8) is 0 Å². The van der Waals surface area contributed by atoms with Gasteiger partial charge < -0.3 is 4.90 Å². The zero-order valence-electron chi connectivity index (χ0n) is 8.77. The van der Waals surface area contributed by atoms with Gasteiger partial charge in [0.1, 0.15) is 0 Å². The Morgan fingerprint density at radius 2 is 1.73 bits per heavy atom. The molecule has 0 saturated carbocycles. The van der Waals surface area contributed by atoms with Gasteiger partial charge in [-0.3, -0.25) is 0 Å². The van der Waals surface area contributed by atoms with Crippen LogP contribution in [0.25, 0.3) is 0 Å². The van der Waals surface area contributed by atoms with Crippen molar-refractivity contribution in [1.82, 2.24) is 10.2 Å². The van der Waals surface area contributed by atoms with Gasteiger partial charge in [0.05, 0.1) is 0 Å². The van der Waals surface area contributed by atoms with E-state index in [1.165, 1.54) is 4.90 Å². The number of carbonyl (C=O) groups is 1. The maximum absolute atomic E-state index is 12.0. The third kappa shape index (κ3) is 3.28. The predicted octanol–water partition coefficient (Wildman–Crippen LogP) is 2.48. The number of urea groups is 1. The second kappa shape index (κ2) is 4.28. The van der Waals surface area contributed by atoms with E-state index in [1.807, 2.05) is 0 Å². The molecule has 1 N–H and O–H groups in total. The van der Waals surface area contributed by atoms with Gasteiger partial charge in [0.25, 0.3) is 0 Å². The van der Waals surface area contributed by atoms with Crippen LogP contribution in [0.2, 0.25) is 0 Å². The van der Waals surface area contributed by atoms with Gasteiger partial charge in [-0.25, -0.2) is 10.1 Å². The first-order chi connectivity index (χ1) is 6.81. The quantitative estimate of drug-likeness (QED) is 0.630. The maximum atomic E-state index is 12.0. The van der Waals surface area contributed by atoms with E-state index >= 15 is 0 Å². The SMILES string of the molecule is CC1CCCC(C)N1C(=O)NC(F)(F)F. The molecule has 15 heavy (non-hydrogen) atoms. The number of carbonyl (C=O) groups excluding carboxylic acids is 1. The molecule has 1 heterocycles. The molecule has 2 unspecified atom stereocenters. The monoisotopic (exact) mass is 224 g/mol. The maximum Gasteiger partial charge on any atom is 0.485 e. The molecule has 0 aromatic rings. The molecule has 2 amide bonds. The summed E-state index contributed by atoms with van der Waals surface area (Å²) in [5.74, 6) is 0. The fraction of sp³-hybridized carbons (Fsp3) is 0.889. The van der Waals surface area contributed by atoms with E-state index in [0.29, 0.717) is 0 Å². The molecule has 1 rings (SSSR count). The summed E-state index contributed by atoms with van der Waals surface area (Å²) in [4.78, 5) is 12.6. The van der Waals surface area contributed by atoms with Crippen LogP contribution in [-0.2, 0) is 0 Å². The third-order valence-electron chi connectivity index (χ3n) is 2.68. The van der Waals surface area contributed by atoms with Crippen molar-refractivity contribution in [2.75, 3.05) is 0 Å². The minimum absolute atomic E-state index is 0.129. The average Bonchev–Trinajstić information content (AvgIpc) is 1.99. The summed E-state index contributed by atoms with van der Waals surface area (Å²) in [7, 11) is 0. The van der Waals surface area contributed by atoms with Crippen molar-refractivity contribution in [1.29, 1.82) is 0 Å². The number of nitrogens with one attached hydrogen (secondary N) is 1.